The smallest absolute Gasteiger partial charge is 0.0426 e. The lowest BCUT2D eigenvalue weighted by Gasteiger charge is -2.14. The maximum absolute atomic E-state index is 2.27. The second-order valence-electron chi connectivity index (χ2n) is 5.70. The molecule has 0 atom stereocenters. The first kappa shape index (κ1) is 14.1. The largest absolute Gasteiger partial charge is 0.143 e. The summed E-state index contributed by atoms with van der Waals surface area (Å²) in [5, 5.41) is 2.21. The van der Waals surface area contributed by atoms with Crippen molar-refractivity contribution in [3.05, 3.63) is 70.1 Å². The van der Waals surface area contributed by atoms with Crippen molar-refractivity contribution in [3.63, 3.8) is 0 Å². The van der Waals surface area contributed by atoms with Crippen molar-refractivity contribution >= 4 is 11.3 Å². The van der Waals surface area contributed by atoms with E-state index >= 15 is 0 Å². The third-order valence-electron chi connectivity index (χ3n) is 4.12. The molecule has 0 fully saturated rings. The highest BCUT2D eigenvalue weighted by Gasteiger charge is 2.15. The third-order valence-corrected chi connectivity index (χ3v) is 5.06. The van der Waals surface area contributed by atoms with Crippen LogP contribution in [0.1, 0.15) is 22.3 Å². The number of hydrogen-bond acceptors (Lipinski definition) is 1. The monoisotopic (exact) mass is 292 g/mol. The summed E-state index contributed by atoms with van der Waals surface area (Å²) in [6.07, 6.45) is 0. The van der Waals surface area contributed by atoms with Gasteiger partial charge in [0.1, 0.15) is 0 Å². The van der Waals surface area contributed by atoms with Crippen LogP contribution >= 0.6 is 11.3 Å². The molecule has 0 amide bonds. The SMILES string of the molecule is Cc1cccc(C)c1-c1ccsc1-c1c(C)cccc1C. The van der Waals surface area contributed by atoms with Gasteiger partial charge in [0, 0.05) is 10.4 Å². The summed E-state index contributed by atoms with van der Waals surface area (Å²) in [5.41, 5.74) is 9.55. The quantitative estimate of drug-likeness (QED) is 0.518. The zero-order valence-corrected chi connectivity index (χ0v) is 13.8. The van der Waals surface area contributed by atoms with Gasteiger partial charge in [-0.15, -0.1) is 11.3 Å². The van der Waals surface area contributed by atoms with Gasteiger partial charge in [-0.3, -0.25) is 0 Å². The van der Waals surface area contributed by atoms with Gasteiger partial charge in [-0.1, -0.05) is 36.4 Å². The molecule has 0 saturated heterocycles. The van der Waals surface area contributed by atoms with Crippen LogP contribution in [0, 0.1) is 27.7 Å². The lowest BCUT2D eigenvalue weighted by Crippen LogP contribution is -1.91. The first-order valence-corrected chi connectivity index (χ1v) is 8.18. The Balaban J connectivity index is 2.28. The molecule has 21 heavy (non-hydrogen) atoms. The molecule has 1 aromatic heterocycles. The minimum atomic E-state index is 1.35. The molecule has 0 saturated carbocycles. The van der Waals surface area contributed by atoms with Crippen molar-refractivity contribution in [3.8, 4) is 21.6 Å². The Kier molecular flexibility index (Phi) is 3.69. The molecule has 0 aliphatic rings. The van der Waals surface area contributed by atoms with E-state index in [1.807, 2.05) is 11.3 Å². The second kappa shape index (κ2) is 5.50. The molecular weight excluding hydrogens is 272 g/mol. The summed E-state index contributed by atoms with van der Waals surface area (Å²) >= 11 is 1.84. The molecule has 3 aromatic rings. The molecule has 0 aliphatic carbocycles. The average Bonchev–Trinajstić information content (AvgIpc) is 2.87. The van der Waals surface area contributed by atoms with Crippen molar-refractivity contribution in [2.75, 3.05) is 0 Å². The summed E-state index contributed by atoms with van der Waals surface area (Å²) in [7, 11) is 0. The highest BCUT2D eigenvalue weighted by atomic mass is 32.1. The number of aryl methyl sites for hydroxylation is 4. The van der Waals surface area contributed by atoms with E-state index in [1.54, 1.807) is 0 Å². The van der Waals surface area contributed by atoms with Gasteiger partial charge in [-0.05, 0) is 72.5 Å². The minimum absolute atomic E-state index is 1.35. The van der Waals surface area contributed by atoms with E-state index in [4.69, 9.17) is 0 Å². The molecule has 0 spiro atoms. The topological polar surface area (TPSA) is 0 Å². The summed E-state index contributed by atoms with van der Waals surface area (Å²) < 4.78 is 0. The van der Waals surface area contributed by atoms with Crippen molar-refractivity contribution < 1.29 is 0 Å². The molecule has 0 nitrogen and oxygen atoms in total. The number of thiophene rings is 1. The Morgan fingerprint density at radius 1 is 0.619 bits per heavy atom. The first-order chi connectivity index (χ1) is 10.1. The Hall–Kier alpha value is -1.86. The molecule has 2 aromatic carbocycles. The third kappa shape index (κ3) is 2.43. The van der Waals surface area contributed by atoms with E-state index in [0.717, 1.165) is 0 Å². The van der Waals surface area contributed by atoms with E-state index < -0.39 is 0 Å². The lowest BCUT2D eigenvalue weighted by atomic mass is 9.92. The Morgan fingerprint density at radius 3 is 1.62 bits per heavy atom. The van der Waals surface area contributed by atoms with Gasteiger partial charge in [0.05, 0.1) is 0 Å². The van der Waals surface area contributed by atoms with E-state index in [2.05, 4.69) is 75.5 Å². The van der Waals surface area contributed by atoms with Gasteiger partial charge in [0.2, 0.25) is 0 Å². The number of rotatable bonds is 2. The Labute approximate surface area is 131 Å². The molecule has 0 aliphatic heterocycles. The molecule has 0 bridgehead atoms. The van der Waals surface area contributed by atoms with Crippen molar-refractivity contribution in [2.24, 2.45) is 0 Å². The van der Waals surface area contributed by atoms with Gasteiger partial charge in [0.25, 0.3) is 0 Å². The van der Waals surface area contributed by atoms with Crippen molar-refractivity contribution in [1.29, 1.82) is 0 Å². The standard InChI is InChI=1S/C20H20S/c1-13-7-5-8-14(2)18(13)17-11-12-21-20(17)19-15(3)9-6-10-16(19)4/h5-12H,1-4H3. The van der Waals surface area contributed by atoms with Crippen molar-refractivity contribution in [2.45, 2.75) is 27.7 Å². The highest BCUT2D eigenvalue weighted by molar-refractivity contribution is 7.14. The van der Waals surface area contributed by atoms with Crippen molar-refractivity contribution in [1.82, 2.24) is 0 Å². The Morgan fingerprint density at radius 2 is 1.10 bits per heavy atom. The van der Waals surface area contributed by atoms with Crippen LogP contribution in [-0.2, 0) is 0 Å². The summed E-state index contributed by atoms with van der Waals surface area (Å²) in [4.78, 5) is 1.39. The molecule has 0 N–H and O–H groups in total. The number of hydrogen-bond donors (Lipinski definition) is 0. The van der Waals surface area contributed by atoms with Crippen LogP contribution in [-0.4, -0.2) is 0 Å². The van der Waals surface area contributed by atoms with Gasteiger partial charge < -0.3 is 0 Å². The van der Waals surface area contributed by atoms with Gasteiger partial charge in [-0.2, -0.15) is 0 Å². The second-order valence-corrected chi connectivity index (χ2v) is 6.61. The van der Waals surface area contributed by atoms with E-state index in [1.165, 1.54) is 43.8 Å². The summed E-state index contributed by atoms with van der Waals surface area (Å²) in [6.45, 7) is 8.82. The first-order valence-electron chi connectivity index (χ1n) is 7.30. The maximum atomic E-state index is 2.27. The van der Waals surface area contributed by atoms with Gasteiger partial charge >= 0.3 is 0 Å². The van der Waals surface area contributed by atoms with Crippen LogP contribution in [0.25, 0.3) is 21.6 Å². The van der Waals surface area contributed by atoms with Crippen LogP contribution in [0.3, 0.4) is 0 Å². The maximum Gasteiger partial charge on any atom is 0.0426 e. The van der Waals surface area contributed by atoms with E-state index in [9.17, 15) is 0 Å². The predicted molar refractivity (Wildman–Crippen MR) is 94.1 cm³/mol. The van der Waals surface area contributed by atoms with E-state index in [-0.39, 0.29) is 0 Å². The fraction of sp³-hybridized carbons (Fsp3) is 0.200. The van der Waals surface area contributed by atoms with Crippen LogP contribution in [0.2, 0.25) is 0 Å². The van der Waals surface area contributed by atoms with Gasteiger partial charge in [0.15, 0.2) is 0 Å². The number of benzene rings is 2. The Bertz CT molecular complexity index is 687. The fourth-order valence-corrected chi connectivity index (χ4v) is 4.19. The van der Waals surface area contributed by atoms with Gasteiger partial charge in [-0.25, -0.2) is 0 Å². The highest BCUT2D eigenvalue weighted by Crippen LogP contribution is 2.41. The average molecular weight is 292 g/mol. The van der Waals surface area contributed by atoms with Crippen LogP contribution in [0.15, 0.2) is 47.8 Å². The summed E-state index contributed by atoms with van der Waals surface area (Å²) in [5.74, 6) is 0. The zero-order valence-electron chi connectivity index (χ0n) is 13.0. The molecule has 3 rings (SSSR count). The molecule has 0 unspecified atom stereocenters. The normalized spacial score (nSPS) is 10.9. The molecule has 106 valence electrons. The van der Waals surface area contributed by atoms with Crippen LogP contribution in [0.4, 0.5) is 0 Å². The minimum Gasteiger partial charge on any atom is -0.143 e. The van der Waals surface area contributed by atoms with Crippen LogP contribution in [0.5, 0.6) is 0 Å². The molecule has 1 heterocycles. The summed E-state index contributed by atoms with van der Waals surface area (Å²) in [6, 6.07) is 15.4. The van der Waals surface area contributed by atoms with Crippen LogP contribution < -0.4 is 0 Å². The fourth-order valence-electron chi connectivity index (χ4n) is 3.11. The molecular formula is C20H20S. The lowest BCUT2D eigenvalue weighted by molar-refractivity contribution is 1.37. The molecule has 1 heteroatoms. The molecule has 0 radical (unpaired) electrons. The predicted octanol–water partition coefficient (Wildman–Crippen LogP) is 6.32. The zero-order chi connectivity index (χ0) is 15.0. The van der Waals surface area contributed by atoms with E-state index in [0.29, 0.717) is 0 Å².